The minimum atomic E-state index is -4.45. The minimum absolute atomic E-state index is 0.0734. The smallest absolute Gasteiger partial charge is 0.416 e. The standard InChI is InChI=1S/C20H16F3N3O3/c21-20(22,23)15-6-4-5-13(9-15)18-24-19(29-25-18)14-10-26(11-14)17(27)12-28-16-7-2-1-3-8-16/h1-9,14H,10-12H2. The second kappa shape index (κ2) is 7.57. The number of carbonyl (C=O) groups is 1. The number of alkyl halides is 3. The number of hydrogen-bond donors (Lipinski definition) is 0. The van der Waals surface area contributed by atoms with Gasteiger partial charge in [0.15, 0.2) is 6.61 Å². The number of nitrogens with zero attached hydrogens (tertiary/aromatic N) is 3. The van der Waals surface area contributed by atoms with Crippen molar-refractivity contribution in [3.63, 3.8) is 0 Å². The summed E-state index contributed by atoms with van der Waals surface area (Å²) in [5, 5.41) is 3.78. The van der Waals surface area contributed by atoms with Gasteiger partial charge in [0.2, 0.25) is 11.7 Å². The second-order valence-electron chi connectivity index (χ2n) is 6.63. The van der Waals surface area contributed by atoms with Gasteiger partial charge in [-0.05, 0) is 24.3 Å². The molecule has 2 heterocycles. The average molecular weight is 403 g/mol. The van der Waals surface area contributed by atoms with Crippen LogP contribution in [0.4, 0.5) is 13.2 Å². The zero-order valence-electron chi connectivity index (χ0n) is 15.1. The first-order chi connectivity index (χ1) is 13.9. The van der Waals surface area contributed by atoms with Gasteiger partial charge in [-0.25, -0.2) is 0 Å². The Morgan fingerprint density at radius 3 is 2.62 bits per heavy atom. The van der Waals surface area contributed by atoms with E-state index in [1.165, 1.54) is 12.1 Å². The number of carbonyl (C=O) groups excluding carboxylic acids is 1. The molecular weight excluding hydrogens is 387 g/mol. The maximum absolute atomic E-state index is 12.9. The van der Waals surface area contributed by atoms with Gasteiger partial charge in [-0.2, -0.15) is 18.2 Å². The SMILES string of the molecule is O=C(COc1ccccc1)N1CC(c2nc(-c3cccc(C(F)(F)F)c3)no2)C1. The monoisotopic (exact) mass is 403 g/mol. The molecule has 9 heteroatoms. The van der Waals surface area contributed by atoms with E-state index in [0.29, 0.717) is 24.7 Å². The fraction of sp³-hybridized carbons (Fsp3) is 0.250. The molecule has 1 aliphatic rings. The number of benzene rings is 2. The van der Waals surface area contributed by atoms with Crippen LogP contribution in [0, 0.1) is 0 Å². The lowest BCUT2D eigenvalue weighted by Crippen LogP contribution is -2.50. The third-order valence-corrected chi connectivity index (χ3v) is 4.58. The Labute approximate surface area is 163 Å². The molecule has 3 aromatic rings. The van der Waals surface area contributed by atoms with Crippen molar-refractivity contribution in [3.8, 4) is 17.1 Å². The van der Waals surface area contributed by atoms with Gasteiger partial charge in [0, 0.05) is 18.7 Å². The van der Waals surface area contributed by atoms with Gasteiger partial charge in [0.25, 0.3) is 5.91 Å². The Bertz CT molecular complexity index is 999. The first-order valence-electron chi connectivity index (χ1n) is 8.87. The molecule has 150 valence electrons. The van der Waals surface area contributed by atoms with Crippen molar-refractivity contribution in [3.05, 3.63) is 66.1 Å². The maximum Gasteiger partial charge on any atom is 0.416 e. The molecule has 1 aliphatic heterocycles. The molecule has 2 aromatic carbocycles. The molecule has 0 spiro atoms. The molecule has 1 amide bonds. The summed E-state index contributed by atoms with van der Waals surface area (Å²) < 4.78 is 49.2. The topological polar surface area (TPSA) is 68.5 Å². The van der Waals surface area contributed by atoms with E-state index in [-0.39, 0.29) is 29.8 Å². The highest BCUT2D eigenvalue weighted by atomic mass is 19.4. The van der Waals surface area contributed by atoms with Crippen LogP contribution in [0.3, 0.4) is 0 Å². The maximum atomic E-state index is 12.9. The lowest BCUT2D eigenvalue weighted by Gasteiger charge is -2.36. The molecule has 0 saturated carbocycles. The third kappa shape index (κ3) is 4.23. The summed E-state index contributed by atoms with van der Waals surface area (Å²) in [6.07, 6.45) is -4.45. The van der Waals surface area contributed by atoms with Gasteiger partial charge in [-0.15, -0.1) is 0 Å². The largest absolute Gasteiger partial charge is 0.484 e. The number of para-hydroxylation sites is 1. The van der Waals surface area contributed by atoms with E-state index in [4.69, 9.17) is 9.26 Å². The quantitative estimate of drug-likeness (QED) is 0.649. The summed E-state index contributed by atoms with van der Waals surface area (Å²) >= 11 is 0. The van der Waals surface area contributed by atoms with Crippen molar-refractivity contribution < 1.29 is 27.2 Å². The van der Waals surface area contributed by atoms with E-state index in [0.717, 1.165) is 12.1 Å². The normalized spacial score (nSPS) is 14.5. The molecule has 29 heavy (non-hydrogen) atoms. The Morgan fingerprint density at radius 1 is 1.14 bits per heavy atom. The van der Waals surface area contributed by atoms with Crippen LogP contribution in [0.25, 0.3) is 11.4 Å². The summed E-state index contributed by atoms with van der Waals surface area (Å²) in [5.41, 5.74) is -0.557. The van der Waals surface area contributed by atoms with Crippen LogP contribution in [0.15, 0.2) is 59.1 Å². The lowest BCUT2D eigenvalue weighted by atomic mass is 10.00. The highest BCUT2D eigenvalue weighted by molar-refractivity contribution is 5.78. The van der Waals surface area contributed by atoms with Crippen LogP contribution >= 0.6 is 0 Å². The van der Waals surface area contributed by atoms with Crippen LogP contribution in [0.5, 0.6) is 5.75 Å². The first-order valence-corrected chi connectivity index (χ1v) is 8.87. The summed E-state index contributed by atoms with van der Waals surface area (Å²) in [6.45, 7) is 0.707. The summed E-state index contributed by atoms with van der Waals surface area (Å²) in [7, 11) is 0. The van der Waals surface area contributed by atoms with Crippen molar-refractivity contribution in [2.45, 2.75) is 12.1 Å². The highest BCUT2D eigenvalue weighted by Crippen LogP contribution is 2.32. The van der Waals surface area contributed by atoms with Crippen LogP contribution in [-0.2, 0) is 11.0 Å². The van der Waals surface area contributed by atoms with Crippen molar-refractivity contribution >= 4 is 5.91 Å². The summed E-state index contributed by atoms with van der Waals surface area (Å²) in [4.78, 5) is 18.0. The predicted octanol–water partition coefficient (Wildman–Crippen LogP) is 3.76. The zero-order valence-corrected chi connectivity index (χ0v) is 15.1. The summed E-state index contributed by atoms with van der Waals surface area (Å²) in [5.74, 6) is 0.680. The second-order valence-corrected chi connectivity index (χ2v) is 6.63. The van der Waals surface area contributed by atoms with Crippen molar-refractivity contribution in [2.24, 2.45) is 0 Å². The van der Waals surface area contributed by atoms with E-state index in [1.54, 1.807) is 17.0 Å². The average Bonchev–Trinajstić information content (AvgIpc) is 3.15. The van der Waals surface area contributed by atoms with Crippen LogP contribution in [0.2, 0.25) is 0 Å². The molecule has 0 bridgehead atoms. The van der Waals surface area contributed by atoms with E-state index < -0.39 is 11.7 Å². The van der Waals surface area contributed by atoms with Gasteiger partial charge in [-0.3, -0.25) is 4.79 Å². The highest BCUT2D eigenvalue weighted by Gasteiger charge is 2.36. The van der Waals surface area contributed by atoms with Crippen molar-refractivity contribution in [2.75, 3.05) is 19.7 Å². The number of likely N-dealkylation sites (tertiary alicyclic amines) is 1. The molecule has 1 fully saturated rings. The minimum Gasteiger partial charge on any atom is -0.484 e. The van der Waals surface area contributed by atoms with Crippen molar-refractivity contribution in [1.82, 2.24) is 15.0 Å². The molecule has 6 nitrogen and oxygen atoms in total. The van der Waals surface area contributed by atoms with E-state index in [9.17, 15) is 18.0 Å². The zero-order chi connectivity index (χ0) is 20.4. The van der Waals surface area contributed by atoms with E-state index in [2.05, 4.69) is 10.1 Å². The number of aromatic nitrogens is 2. The van der Waals surface area contributed by atoms with Gasteiger partial charge >= 0.3 is 6.18 Å². The van der Waals surface area contributed by atoms with Gasteiger partial charge < -0.3 is 14.2 Å². The van der Waals surface area contributed by atoms with Gasteiger partial charge in [0.05, 0.1) is 11.5 Å². The van der Waals surface area contributed by atoms with Gasteiger partial charge in [0.1, 0.15) is 5.75 Å². The molecule has 0 atom stereocenters. The first kappa shape index (κ1) is 19.0. The predicted molar refractivity (Wildman–Crippen MR) is 96.0 cm³/mol. The number of rotatable bonds is 5. The molecule has 0 N–H and O–H groups in total. The Morgan fingerprint density at radius 2 is 1.90 bits per heavy atom. The molecule has 0 aliphatic carbocycles. The fourth-order valence-corrected chi connectivity index (χ4v) is 2.94. The molecule has 4 rings (SSSR count). The van der Waals surface area contributed by atoms with Crippen molar-refractivity contribution in [1.29, 1.82) is 0 Å². The van der Waals surface area contributed by atoms with Crippen LogP contribution in [-0.4, -0.2) is 40.6 Å². The molecule has 0 unspecified atom stereocenters. The Hall–Kier alpha value is -3.36. The van der Waals surface area contributed by atoms with Crippen LogP contribution < -0.4 is 4.74 Å². The van der Waals surface area contributed by atoms with Gasteiger partial charge in [-0.1, -0.05) is 35.5 Å². The molecule has 1 aromatic heterocycles. The summed E-state index contributed by atoms with van der Waals surface area (Å²) in [6, 6.07) is 13.8. The number of amides is 1. The van der Waals surface area contributed by atoms with Crippen LogP contribution in [0.1, 0.15) is 17.4 Å². The molecule has 1 saturated heterocycles. The number of hydrogen-bond acceptors (Lipinski definition) is 5. The number of ether oxygens (including phenoxy) is 1. The molecular formula is C20H16F3N3O3. The van der Waals surface area contributed by atoms with E-state index >= 15 is 0 Å². The lowest BCUT2D eigenvalue weighted by molar-refractivity contribution is -0.138. The third-order valence-electron chi connectivity index (χ3n) is 4.58. The van der Waals surface area contributed by atoms with E-state index in [1.807, 2.05) is 18.2 Å². The molecule has 0 radical (unpaired) electrons. The Kier molecular flexibility index (Phi) is 4.96. The fourth-order valence-electron chi connectivity index (χ4n) is 2.94. The number of halogens is 3. The Balaban J connectivity index is 1.34.